The molecule has 4 nitrogen and oxygen atoms in total. The topological polar surface area (TPSA) is 40.6 Å². The fourth-order valence-electron chi connectivity index (χ4n) is 3.46. The first-order valence-electron chi connectivity index (χ1n) is 9.24. The zero-order valence-corrected chi connectivity index (χ0v) is 16.2. The monoisotopic (exact) mass is 384 g/mol. The molecule has 1 aromatic rings. The molecule has 2 atom stereocenters. The van der Waals surface area contributed by atoms with Gasteiger partial charge < -0.3 is 9.80 Å². The largest absolute Gasteiger partial charge is 0.416 e. The molecule has 27 heavy (non-hydrogen) atoms. The number of rotatable bonds is 5. The van der Waals surface area contributed by atoms with Gasteiger partial charge in [-0.2, -0.15) is 13.2 Å². The highest BCUT2D eigenvalue weighted by molar-refractivity contribution is 5.83. The molecule has 2 rings (SSSR count). The fraction of sp³-hybridized carbons (Fsp3) is 0.600. The maximum atomic E-state index is 13.1. The molecule has 1 saturated heterocycles. The third-order valence-electron chi connectivity index (χ3n) is 5.07. The molecule has 1 aliphatic heterocycles. The minimum absolute atomic E-state index is 0.0589. The Kier molecular flexibility index (Phi) is 6.54. The fourth-order valence-corrected chi connectivity index (χ4v) is 3.46. The Morgan fingerprint density at radius 2 is 1.93 bits per heavy atom. The Morgan fingerprint density at radius 1 is 1.26 bits per heavy atom. The molecule has 0 saturated carbocycles. The number of likely N-dealkylation sites (tertiary alicyclic amines) is 1. The summed E-state index contributed by atoms with van der Waals surface area (Å²) in [5.74, 6) is -0.992. The van der Waals surface area contributed by atoms with E-state index in [1.165, 1.54) is 6.07 Å². The number of carbonyl (C=O) groups is 2. The molecule has 0 N–H and O–H groups in total. The minimum Gasteiger partial charge on any atom is -0.346 e. The number of alkyl halides is 3. The van der Waals surface area contributed by atoms with Gasteiger partial charge in [-0.25, -0.2) is 0 Å². The van der Waals surface area contributed by atoms with E-state index in [2.05, 4.69) is 0 Å². The van der Waals surface area contributed by atoms with E-state index in [4.69, 9.17) is 0 Å². The first-order chi connectivity index (χ1) is 12.5. The summed E-state index contributed by atoms with van der Waals surface area (Å²) in [5.41, 5.74) is -0.283. The summed E-state index contributed by atoms with van der Waals surface area (Å²) >= 11 is 0. The van der Waals surface area contributed by atoms with Gasteiger partial charge in [-0.3, -0.25) is 9.59 Å². The van der Waals surface area contributed by atoms with Crippen molar-refractivity contribution in [1.82, 2.24) is 9.80 Å². The first kappa shape index (κ1) is 21.3. The molecule has 7 heteroatoms. The molecule has 0 aromatic heterocycles. The highest BCUT2D eigenvalue weighted by Gasteiger charge is 2.42. The van der Waals surface area contributed by atoms with Crippen LogP contribution >= 0.6 is 0 Å². The van der Waals surface area contributed by atoms with Crippen molar-refractivity contribution in [1.29, 1.82) is 0 Å². The van der Waals surface area contributed by atoms with Crippen molar-refractivity contribution in [2.45, 2.75) is 39.3 Å². The van der Waals surface area contributed by atoms with Crippen molar-refractivity contribution >= 4 is 11.8 Å². The van der Waals surface area contributed by atoms with E-state index in [9.17, 15) is 22.8 Å². The molecule has 0 aliphatic carbocycles. The van der Waals surface area contributed by atoms with E-state index >= 15 is 0 Å². The van der Waals surface area contributed by atoms with E-state index in [0.29, 0.717) is 18.5 Å². The quantitative estimate of drug-likeness (QED) is 0.775. The summed E-state index contributed by atoms with van der Waals surface area (Å²) in [6.45, 7) is 6.73. The van der Waals surface area contributed by atoms with E-state index in [1.807, 2.05) is 20.8 Å². The Balaban J connectivity index is 2.35. The van der Waals surface area contributed by atoms with Crippen LogP contribution in [0, 0.1) is 11.8 Å². The van der Waals surface area contributed by atoms with Crippen molar-refractivity contribution < 1.29 is 22.8 Å². The summed E-state index contributed by atoms with van der Waals surface area (Å²) in [7, 11) is 1.67. The van der Waals surface area contributed by atoms with Crippen LogP contribution in [0.3, 0.4) is 0 Å². The van der Waals surface area contributed by atoms with Crippen molar-refractivity contribution in [3.05, 3.63) is 35.4 Å². The number of hydrogen-bond donors (Lipinski definition) is 0. The Hall–Kier alpha value is -2.05. The zero-order valence-electron chi connectivity index (χ0n) is 16.2. The third kappa shape index (κ3) is 5.02. The number of nitrogens with zero attached hydrogens (tertiary/aromatic N) is 2. The van der Waals surface area contributed by atoms with Crippen molar-refractivity contribution in [2.75, 3.05) is 26.7 Å². The molecule has 0 bridgehead atoms. The lowest BCUT2D eigenvalue weighted by atomic mass is 9.87. The summed E-state index contributed by atoms with van der Waals surface area (Å²) in [4.78, 5) is 28.5. The van der Waals surface area contributed by atoms with E-state index < -0.39 is 23.6 Å². The number of benzene rings is 1. The third-order valence-corrected chi connectivity index (χ3v) is 5.07. The predicted octanol–water partition coefficient (Wildman–Crippen LogP) is 3.77. The average molecular weight is 384 g/mol. The molecule has 1 aliphatic rings. The lowest BCUT2D eigenvalue weighted by Gasteiger charge is -2.24. The van der Waals surface area contributed by atoms with Gasteiger partial charge in [-0.1, -0.05) is 32.0 Å². The van der Waals surface area contributed by atoms with Gasteiger partial charge in [0, 0.05) is 39.0 Å². The van der Waals surface area contributed by atoms with Crippen LogP contribution in [0.5, 0.6) is 0 Å². The van der Waals surface area contributed by atoms with E-state index in [1.54, 1.807) is 22.9 Å². The molecular formula is C20H27F3N2O2. The lowest BCUT2D eigenvalue weighted by Crippen LogP contribution is -2.37. The van der Waals surface area contributed by atoms with Crippen molar-refractivity contribution in [3.63, 3.8) is 0 Å². The van der Waals surface area contributed by atoms with Crippen LogP contribution in [0.15, 0.2) is 24.3 Å². The van der Waals surface area contributed by atoms with E-state index in [0.717, 1.165) is 12.1 Å². The maximum absolute atomic E-state index is 13.1. The second kappa shape index (κ2) is 8.31. The van der Waals surface area contributed by atoms with Crippen LogP contribution in [-0.2, 0) is 15.8 Å². The van der Waals surface area contributed by atoms with Gasteiger partial charge in [0.15, 0.2) is 0 Å². The second-order valence-corrected chi connectivity index (χ2v) is 7.59. The standard InChI is InChI=1S/C20H27F3N2O2/c1-5-24(4)19(27)17-12-25(18(26)9-13(2)3)11-16(17)14-7-6-8-15(10-14)20(21,22)23/h6-8,10,13,16-17H,5,9,11-12H2,1-4H3. The summed E-state index contributed by atoms with van der Waals surface area (Å²) in [5, 5.41) is 0. The zero-order chi connectivity index (χ0) is 20.4. The molecule has 1 heterocycles. The number of amides is 2. The molecule has 0 radical (unpaired) electrons. The summed E-state index contributed by atoms with van der Waals surface area (Å²) in [6, 6.07) is 5.10. The number of carbonyl (C=O) groups excluding carboxylic acids is 2. The van der Waals surface area contributed by atoms with Gasteiger partial charge >= 0.3 is 6.18 Å². The Labute approximate surface area is 158 Å². The van der Waals surface area contributed by atoms with Crippen molar-refractivity contribution in [3.8, 4) is 0 Å². The number of hydrogen-bond acceptors (Lipinski definition) is 2. The van der Waals surface area contributed by atoms with Gasteiger partial charge in [0.1, 0.15) is 0 Å². The highest BCUT2D eigenvalue weighted by atomic mass is 19.4. The van der Waals surface area contributed by atoms with E-state index in [-0.39, 0.29) is 30.8 Å². The molecule has 2 unspecified atom stereocenters. The second-order valence-electron chi connectivity index (χ2n) is 7.59. The average Bonchev–Trinajstić information content (AvgIpc) is 3.04. The first-order valence-corrected chi connectivity index (χ1v) is 9.24. The molecule has 150 valence electrons. The lowest BCUT2D eigenvalue weighted by molar-refractivity contribution is -0.137. The Morgan fingerprint density at radius 3 is 2.48 bits per heavy atom. The van der Waals surface area contributed by atoms with Crippen LogP contribution in [0.1, 0.15) is 44.2 Å². The van der Waals surface area contributed by atoms with Crippen LogP contribution in [0.2, 0.25) is 0 Å². The van der Waals surface area contributed by atoms with Gasteiger partial charge in [0.2, 0.25) is 11.8 Å². The molecule has 1 aromatic carbocycles. The van der Waals surface area contributed by atoms with Crippen LogP contribution in [0.25, 0.3) is 0 Å². The molecule has 2 amide bonds. The molecule has 0 spiro atoms. The SMILES string of the molecule is CCN(C)C(=O)C1CN(C(=O)CC(C)C)CC1c1cccc(C(F)(F)F)c1. The number of halogens is 3. The maximum Gasteiger partial charge on any atom is 0.416 e. The summed E-state index contributed by atoms with van der Waals surface area (Å²) in [6.07, 6.45) is -4.08. The van der Waals surface area contributed by atoms with Crippen LogP contribution in [0.4, 0.5) is 13.2 Å². The normalized spacial score (nSPS) is 20.2. The molecule has 1 fully saturated rings. The van der Waals surface area contributed by atoms with Gasteiger partial charge in [0.05, 0.1) is 11.5 Å². The van der Waals surface area contributed by atoms with Gasteiger partial charge in [-0.05, 0) is 24.5 Å². The molecular weight excluding hydrogens is 357 g/mol. The smallest absolute Gasteiger partial charge is 0.346 e. The summed E-state index contributed by atoms with van der Waals surface area (Å²) < 4.78 is 39.3. The van der Waals surface area contributed by atoms with Crippen molar-refractivity contribution in [2.24, 2.45) is 11.8 Å². The van der Waals surface area contributed by atoms with Gasteiger partial charge in [0.25, 0.3) is 0 Å². The Bertz CT molecular complexity index is 688. The minimum atomic E-state index is -4.44. The van der Waals surface area contributed by atoms with Crippen LogP contribution < -0.4 is 0 Å². The van der Waals surface area contributed by atoms with Gasteiger partial charge in [-0.15, -0.1) is 0 Å². The highest BCUT2D eigenvalue weighted by Crippen LogP contribution is 2.37. The predicted molar refractivity (Wildman–Crippen MR) is 97.0 cm³/mol. The van der Waals surface area contributed by atoms with Crippen LogP contribution in [-0.4, -0.2) is 48.3 Å².